The summed E-state index contributed by atoms with van der Waals surface area (Å²) in [5.74, 6) is -0.358. The summed E-state index contributed by atoms with van der Waals surface area (Å²) in [6.07, 6.45) is 0.662. The smallest absolute Gasteiger partial charge is 0.170 e. The zero-order valence-corrected chi connectivity index (χ0v) is 13.7. The molecule has 0 aliphatic carbocycles. The summed E-state index contributed by atoms with van der Waals surface area (Å²) >= 11 is 0. The molecule has 4 nitrogen and oxygen atoms in total. The molecule has 0 rings (SSSR count). The van der Waals surface area contributed by atoms with Gasteiger partial charge in [0.25, 0.3) is 0 Å². The van der Waals surface area contributed by atoms with Crippen LogP contribution in [-0.2, 0) is 9.59 Å². The number of rotatable bonds is 8. The highest BCUT2D eigenvalue weighted by atomic mass is 16.3. The molecule has 0 amide bonds. The zero-order chi connectivity index (χ0) is 16.1. The van der Waals surface area contributed by atoms with Crippen LogP contribution in [0.25, 0.3) is 0 Å². The lowest BCUT2D eigenvalue weighted by Crippen LogP contribution is -2.46. The van der Waals surface area contributed by atoms with Crippen LogP contribution in [0.1, 0.15) is 67.2 Å². The summed E-state index contributed by atoms with van der Waals surface area (Å²) in [7, 11) is 0. The van der Waals surface area contributed by atoms with Crippen molar-refractivity contribution < 1.29 is 19.8 Å². The van der Waals surface area contributed by atoms with E-state index in [0.717, 1.165) is 0 Å². The predicted molar refractivity (Wildman–Crippen MR) is 79.4 cm³/mol. The van der Waals surface area contributed by atoms with Gasteiger partial charge in [-0.25, -0.2) is 0 Å². The number of hydrogen-bond donors (Lipinski definition) is 2. The Morgan fingerprint density at radius 3 is 2.00 bits per heavy atom. The van der Waals surface area contributed by atoms with Crippen LogP contribution >= 0.6 is 0 Å². The quantitative estimate of drug-likeness (QED) is 0.719. The van der Waals surface area contributed by atoms with Crippen molar-refractivity contribution in [1.82, 2.24) is 0 Å². The average molecular weight is 286 g/mol. The molecule has 0 bridgehead atoms. The van der Waals surface area contributed by atoms with Crippen molar-refractivity contribution in [2.24, 2.45) is 11.3 Å². The Hall–Kier alpha value is -0.740. The fourth-order valence-electron chi connectivity index (χ4n) is 2.33. The van der Waals surface area contributed by atoms with E-state index in [4.69, 9.17) is 0 Å². The van der Waals surface area contributed by atoms with E-state index in [-0.39, 0.29) is 30.3 Å². The molecule has 0 aromatic heterocycles. The number of hydrogen-bond acceptors (Lipinski definition) is 4. The lowest BCUT2D eigenvalue weighted by Gasteiger charge is -2.32. The van der Waals surface area contributed by atoms with Gasteiger partial charge in [-0.05, 0) is 32.1 Å². The second kappa shape index (κ2) is 7.32. The van der Waals surface area contributed by atoms with Crippen LogP contribution in [0.2, 0.25) is 0 Å². The summed E-state index contributed by atoms with van der Waals surface area (Å²) in [6.45, 7) is 10.4. The molecule has 0 fully saturated rings. The molecule has 20 heavy (non-hydrogen) atoms. The Bertz CT molecular complexity index is 341. The van der Waals surface area contributed by atoms with Crippen LogP contribution in [0.3, 0.4) is 0 Å². The highest BCUT2D eigenvalue weighted by molar-refractivity contribution is 5.95. The minimum Gasteiger partial charge on any atom is -0.393 e. The van der Waals surface area contributed by atoms with Crippen LogP contribution in [0.5, 0.6) is 0 Å². The molecule has 0 heterocycles. The van der Waals surface area contributed by atoms with Gasteiger partial charge in [-0.3, -0.25) is 9.59 Å². The Morgan fingerprint density at radius 2 is 1.65 bits per heavy atom. The molecule has 0 saturated carbocycles. The van der Waals surface area contributed by atoms with E-state index in [2.05, 4.69) is 0 Å². The van der Waals surface area contributed by atoms with Crippen LogP contribution in [0.4, 0.5) is 0 Å². The summed E-state index contributed by atoms with van der Waals surface area (Å²) < 4.78 is 0. The highest BCUT2D eigenvalue weighted by Crippen LogP contribution is 2.30. The normalized spacial score (nSPS) is 16.9. The number of carbonyl (C=O) groups is 2. The fourth-order valence-corrected chi connectivity index (χ4v) is 2.33. The van der Waals surface area contributed by atoms with Gasteiger partial charge in [0.2, 0.25) is 0 Å². The maximum Gasteiger partial charge on any atom is 0.170 e. The van der Waals surface area contributed by atoms with Crippen LogP contribution in [0, 0.1) is 11.3 Å². The molecular weight excluding hydrogens is 256 g/mol. The van der Waals surface area contributed by atoms with Gasteiger partial charge in [0.05, 0.1) is 6.10 Å². The monoisotopic (exact) mass is 286 g/mol. The Kier molecular flexibility index (Phi) is 7.05. The topological polar surface area (TPSA) is 74.6 Å². The lowest BCUT2D eigenvalue weighted by atomic mass is 9.75. The zero-order valence-electron chi connectivity index (χ0n) is 13.7. The van der Waals surface area contributed by atoms with E-state index in [1.54, 1.807) is 20.8 Å². The number of ketones is 2. The Labute approximate surface area is 122 Å². The van der Waals surface area contributed by atoms with Crippen molar-refractivity contribution in [1.29, 1.82) is 0 Å². The van der Waals surface area contributed by atoms with E-state index in [1.165, 1.54) is 6.92 Å². The maximum atomic E-state index is 12.4. The second-order valence-corrected chi connectivity index (χ2v) is 7.19. The molecule has 2 unspecified atom stereocenters. The fraction of sp³-hybridized carbons (Fsp3) is 0.875. The minimum absolute atomic E-state index is 0.147. The Morgan fingerprint density at radius 1 is 1.15 bits per heavy atom. The first kappa shape index (κ1) is 19.3. The number of aliphatic hydroxyl groups excluding tert-OH is 1. The maximum absolute atomic E-state index is 12.4. The van der Waals surface area contributed by atoms with Gasteiger partial charge >= 0.3 is 0 Å². The van der Waals surface area contributed by atoms with Crippen LogP contribution in [-0.4, -0.2) is 33.5 Å². The van der Waals surface area contributed by atoms with Crippen LogP contribution in [0.15, 0.2) is 0 Å². The summed E-state index contributed by atoms with van der Waals surface area (Å²) in [6, 6.07) is 0. The van der Waals surface area contributed by atoms with Crippen molar-refractivity contribution in [3.05, 3.63) is 0 Å². The largest absolute Gasteiger partial charge is 0.393 e. The third kappa shape index (κ3) is 6.14. The van der Waals surface area contributed by atoms with Crippen molar-refractivity contribution >= 4 is 11.6 Å². The highest BCUT2D eigenvalue weighted by Gasteiger charge is 2.42. The van der Waals surface area contributed by atoms with Crippen LogP contribution < -0.4 is 0 Å². The molecule has 0 radical (unpaired) electrons. The molecule has 2 N–H and O–H groups in total. The number of carbonyl (C=O) groups excluding carboxylic acids is 2. The summed E-state index contributed by atoms with van der Waals surface area (Å²) in [5, 5.41) is 20.4. The SMILES string of the molecule is CC(=O)CC(O)(CCCC(O)C(C)C)C(=O)C(C)(C)C. The minimum atomic E-state index is -1.61. The second-order valence-electron chi connectivity index (χ2n) is 7.19. The average Bonchev–Trinajstić information content (AvgIpc) is 2.25. The van der Waals surface area contributed by atoms with Gasteiger partial charge in [-0.1, -0.05) is 34.6 Å². The lowest BCUT2D eigenvalue weighted by molar-refractivity contribution is -0.150. The van der Waals surface area contributed by atoms with Crippen molar-refractivity contribution in [3.8, 4) is 0 Å². The van der Waals surface area contributed by atoms with Gasteiger partial charge in [0.15, 0.2) is 5.78 Å². The summed E-state index contributed by atoms with van der Waals surface area (Å²) in [5.41, 5.74) is -2.30. The molecule has 0 spiro atoms. The van der Waals surface area contributed by atoms with E-state index < -0.39 is 17.1 Å². The molecule has 0 aromatic rings. The standard InChI is InChI=1S/C16H30O4/c1-11(2)13(18)8-7-9-16(20,10-12(3)17)14(19)15(4,5)6/h11,13,18,20H,7-10H2,1-6H3. The number of aliphatic hydroxyl groups is 2. The first-order chi connectivity index (χ1) is 8.90. The molecule has 2 atom stereocenters. The third-order valence-electron chi connectivity index (χ3n) is 3.51. The Balaban J connectivity index is 4.81. The molecule has 0 aliphatic heterocycles. The third-order valence-corrected chi connectivity index (χ3v) is 3.51. The van der Waals surface area contributed by atoms with Gasteiger partial charge in [-0.15, -0.1) is 0 Å². The van der Waals surface area contributed by atoms with E-state index in [9.17, 15) is 19.8 Å². The van der Waals surface area contributed by atoms with Gasteiger partial charge < -0.3 is 10.2 Å². The molecular formula is C16H30O4. The summed E-state index contributed by atoms with van der Waals surface area (Å²) in [4.78, 5) is 23.7. The molecule has 0 aliphatic rings. The van der Waals surface area contributed by atoms with Crippen molar-refractivity contribution in [3.63, 3.8) is 0 Å². The van der Waals surface area contributed by atoms with Gasteiger partial charge in [0.1, 0.15) is 11.4 Å². The van der Waals surface area contributed by atoms with Gasteiger partial charge in [0, 0.05) is 11.8 Å². The van der Waals surface area contributed by atoms with Crippen molar-refractivity contribution in [2.45, 2.75) is 78.9 Å². The number of Topliss-reactive ketones (excluding diaryl/α,β-unsaturated/α-hetero) is 2. The van der Waals surface area contributed by atoms with E-state index >= 15 is 0 Å². The van der Waals surface area contributed by atoms with E-state index in [1.807, 2.05) is 13.8 Å². The van der Waals surface area contributed by atoms with Gasteiger partial charge in [-0.2, -0.15) is 0 Å². The first-order valence-corrected chi connectivity index (χ1v) is 7.35. The molecule has 0 saturated heterocycles. The predicted octanol–water partition coefficient (Wildman–Crippen LogP) is 2.50. The molecule has 0 aromatic carbocycles. The first-order valence-electron chi connectivity index (χ1n) is 7.35. The van der Waals surface area contributed by atoms with Crippen molar-refractivity contribution in [2.75, 3.05) is 0 Å². The molecule has 118 valence electrons. The molecule has 4 heteroatoms. The van der Waals surface area contributed by atoms with E-state index in [0.29, 0.717) is 12.8 Å².